The summed E-state index contributed by atoms with van der Waals surface area (Å²) < 4.78 is 8.41. The molecular weight excluding hydrogens is 613 g/mol. The van der Waals surface area contributed by atoms with Crippen LogP contribution in [0.25, 0.3) is 0 Å². The normalized spacial score (nSPS) is 18.0. The Balaban J connectivity index is 2.11. The summed E-state index contributed by atoms with van der Waals surface area (Å²) in [5.41, 5.74) is 0.807. The molecule has 1 aromatic carbocycles. The maximum atomic E-state index is 10.7. The zero-order valence-electron chi connectivity index (χ0n) is 10.6. The van der Waals surface area contributed by atoms with Crippen molar-refractivity contribution in [2.45, 2.75) is 18.9 Å². The number of phenolic OH excluding ortho intramolecular Hbond substituents is 1. The molecule has 2 rings (SSSR count). The Morgan fingerprint density at radius 3 is 2.43 bits per heavy atom. The molecule has 4 nitrogen and oxygen atoms in total. The van der Waals surface area contributed by atoms with Crippen LogP contribution in [0, 0.1) is 7.14 Å². The van der Waals surface area contributed by atoms with E-state index in [1.165, 1.54) is 0 Å². The number of aliphatic carboxylic acids is 1. The molecule has 0 amide bonds. The van der Waals surface area contributed by atoms with Gasteiger partial charge in [-0.15, -0.1) is 0 Å². The Kier molecular flexibility index (Phi) is 6.17. The van der Waals surface area contributed by atoms with Gasteiger partial charge in [0.05, 0.1) is 13.6 Å². The molecule has 1 aliphatic carbocycles. The fourth-order valence-corrected chi connectivity index (χ4v) is 4.37. The van der Waals surface area contributed by atoms with E-state index in [1.807, 2.05) is 12.2 Å². The molecule has 0 saturated carbocycles. The zero-order valence-corrected chi connectivity index (χ0v) is 17.1. The van der Waals surface area contributed by atoms with E-state index in [4.69, 9.17) is 9.84 Å². The first-order chi connectivity index (χ1) is 9.86. The van der Waals surface area contributed by atoms with Gasteiger partial charge in [-0.25, -0.2) is 0 Å². The molecule has 112 valence electrons. The van der Waals surface area contributed by atoms with Gasteiger partial charge in [0.2, 0.25) is 0 Å². The van der Waals surface area contributed by atoms with E-state index in [0.717, 1.165) is 16.3 Å². The van der Waals surface area contributed by atoms with Crippen molar-refractivity contribution in [2.75, 3.05) is 0 Å². The van der Waals surface area contributed by atoms with Gasteiger partial charge in [-0.2, -0.15) is 0 Å². The van der Waals surface area contributed by atoms with E-state index in [1.54, 1.807) is 12.1 Å². The lowest BCUT2D eigenvalue weighted by atomic mass is 10.0. The lowest BCUT2D eigenvalue weighted by molar-refractivity contribution is -0.136. The van der Waals surface area contributed by atoms with Crippen molar-refractivity contribution >= 4 is 73.7 Å². The molecule has 1 atom stereocenters. The number of carboxylic acid groups (broad SMARTS) is 1. The maximum Gasteiger partial charge on any atom is 0.307 e. The molecule has 2 N–H and O–H groups in total. The lowest BCUT2D eigenvalue weighted by Crippen LogP contribution is -2.19. The van der Waals surface area contributed by atoms with Crippen molar-refractivity contribution in [3.8, 4) is 11.5 Å². The van der Waals surface area contributed by atoms with Gasteiger partial charge in [0.15, 0.2) is 0 Å². The Labute approximate surface area is 163 Å². The van der Waals surface area contributed by atoms with E-state index < -0.39 is 5.97 Å². The number of carbonyl (C=O) groups is 1. The molecule has 1 unspecified atom stereocenters. The lowest BCUT2D eigenvalue weighted by Gasteiger charge is -2.22. The Morgan fingerprint density at radius 1 is 1.29 bits per heavy atom. The van der Waals surface area contributed by atoms with E-state index >= 15 is 0 Å². The smallest absolute Gasteiger partial charge is 0.307 e. The average Bonchev–Trinajstić information content (AvgIpc) is 2.38. The summed E-state index contributed by atoms with van der Waals surface area (Å²) in [6.07, 6.45) is 4.33. The fraction of sp³-hybridized carbons (Fsp3) is 0.214. The first-order valence-electron chi connectivity index (χ1n) is 5.99. The minimum Gasteiger partial charge on any atom is -0.506 e. The molecule has 0 spiro atoms. The van der Waals surface area contributed by atoms with Crippen molar-refractivity contribution in [3.05, 3.63) is 40.6 Å². The molecule has 7 heteroatoms. The summed E-state index contributed by atoms with van der Waals surface area (Å²) in [5.74, 6) is 0.133. The number of benzene rings is 1. The van der Waals surface area contributed by atoms with Crippen LogP contribution in [0.4, 0.5) is 0 Å². The predicted molar refractivity (Wildman–Crippen MR) is 105 cm³/mol. The fourth-order valence-electron chi connectivity index (χ4n) is 1.88. The van der Waals surface area contributed by atoms with Gasteiger partial charge in [-0.3, -0.25) is 4.79 Å². The topological polar surface area (TPSA) is 66.8 Å². The second-order valence-electron chi connectivity index (χ2n) is 4.46. The van der Waals surface area contributed by atoms with Crippen LogP contribution in [0.3, 0.4) is 0 Å². The van der Waals surface area contributed by atoms with Crippen molar-refractivity contribution in [2.24, 2.45) is 0 Å². The highest BCUT2D eigenvalue weighted by atomic mass is 127. The van der Waals surface area contributed by atoms with Crippen LogP contribution in [-0.4, -0.2) is 22.3 Å². The van der Waals surface area contributed by atoms with Crippen LogP contribution in [0.1, 0.15) is 12.8 Å². The number of halogens is 3. The Morgan fingerprint density at radius 2 is 1.90 bits per heavy atom. The Bertz CT molecular complexity index is 614. The minimum atomic E-state index is -0.830. The molecule has 0 radical (unpaired) electrons. The van der Waals surface area contributed by atoms with Crippen molar-refractivity contribution in [3.63, 3.8) is 0 Å². The van der Waals surface area contributed by atoms with E-state index in [-0.39, 0.29) is 18.3 Å². The van der Waals surface area contributed by atoms with Crippen molar-refractivity contribution in [1.29, 1.82) is 0 Å². The van der Waals surface area contributed by atoms with E-state index in [0.29, 0.717) is 12.2 Å². The largest absolute Gasteiger partial charge is 0.506 e. The highest BCUT2D eigenvalue weighted by Gasteiger charge is 2.19. The molecule has 21 heavy (non-hydrogen) atoms. The third kappa shape index (κ3) is 4.71. The molecule has 1 aliphatic rings. The molecule has 0 aromatic heterocycles. The number of rotatable bonds is 4. The monoisotopic (exact) mass is 624 g/mol. The summed E-state index contributed by atoms with van der Waals surface area (Å²) in [4.78, 5) is 10.7. The number of ether oxygens (including phenoxy) is 1. The number of hydrogen-bond acceptors (Lipinski definition) is 3. The second-order valence-corrected chi connectivity index (χ2v) is 8.03. The number of aromatic hydroxyl groups is 1. The standard InChI is InChI=1S/C14H11I3O4/c15-9-3-7(4-13(18)19)1-2-12(9)21-8-5-10(16)14(20)11(17)6-8/h1,3,5-6,12,20H,2,4H2,(H,18,19). The minimum absolute atomic E-state index is 0.0359. The van der Waals surface area contributed by atoms with Crippen molar-refractivity contribution < 1.29 is 19.7 Å². The summed E-state index contributed by atoms with van der Waals surface area (Å²) >= 11 is 6.31. The highest BCUT2D eigenvalue weighted by Crippen LogP contribution is 2.34. The van der Waals surface area contributed by atoms with E-state index in [2.05, 4.69) is 67.8 Å². The van der Waals surface area contributed by atoms with Crippen molar-refractivity contribution in [1.82, 2.24) is 0 Å². The molecule has 0 heterocycles. The molecule has 0 bridgehead atoms. The summed E-state index contributed by atoms with van der Waals surface area (Å²) in [6.45, 7) is 0. The predicted octanol–water partition coefficient (Wildman–Crippen LogP) is 4.47. The van der Waals surface area contributed by atoms with Crippen LogP contribution in [0.2, 0.25) is 0 Å². The number of hydrogen-bond donors (Lipinski definition) is 2. The maximum absolute atomic E-state index is 10.7. The Hall–Kier alpha value is -0.0400. The van der Waals surface area contributed by atoms with Gasteiger partial charge in [0, 0.05) is 10.0 Å². The van der Waals surface area contributed by atoms with Crippen LogP contribution in [0.15, 0.2) is 33.4 Å². The SMILES string of the molecule is O=C(O)CC1=CCC(Oc2cc(I)c(O)c(I)c2)C(I)=C1. The second kappa shape index (κ2) is 7.49. The summed E-state index contributed by atoms with van der Waals surface area (Å²) in [7, 11) is 0. The average molecular weight is 624 g/mol. The van der Waals surface area contributed by atoms with Crippen LogP contribution < -0.4 is 4.74 Å². The van der Waals surface area contributed by atoms with Gasteiger partial charge in [-0.1, -0.05) is 6.08 Å². The van der Waals surface area contributed by atoms with Gasteiger partial charge < -0.3 is 14.9 Å². The van der Waals surface area contributed by atoms with Crippen LogP contribution >= 0.6 is 67.8 Å². The molecule has 1 aromatic rings. The number of allylic oxidation sites excluding steroid dienone is 1. The third-order valence-corrected chi connectivity index (χ3v) is 5.50. The summed E-state index contributed by atoms with van der Waals surface area (Å²) in [5, 5.41) is 18.6. The number of phenols is 1. The zero-order chi connectivity index (χ0) is 15.6. The molecule has 0 fully saturated rings. The van der Waals surface area contributed by atoms with E-state index in [9.17, 15) is 9.90 Å². The quantitative estimate of drug-likeness (QED) is 0.486. The first-order valence-corrected chi connectivity index (χ1v) is 9.23. The molecular formula is C14H11I3O4. The van der Waals surface area contributed by atoms with Gasteiger partial charge in [0.1, 0.15) is 17.6 Å². The highest BCUT2D eigenvalue weighted by molar-refractivity contribution is 14.1. The van der Waals surface area contributed by atoms with Gasteiger partial charge >= 0.3 is 5.97 Å². The van der Waals surface area contributed by atoms with Crippen LogP contribution in [0.5, 0.6) is 11.5 Å². The van der Waals surface area contributed by atoms with Gasteiger partial charge in [0.25, 0.3) is 0 Å². The van der Waals surface area contributed by atoms with Crippen LogP contribution in [-0.2, 0) is 4.79 Å². The summed E-state index contributed by atoms with van der Waals surface area (Å²) in [6, 6.07) is 3.58. The third-order valence-electron chi connectivity index (χ3n) is 2.85. The van der Waals surface area contributed by atoms with Gasteiger partial charge in [-0.05, 0) is 91.6 Å². The molecule has 0 saturated heterocycles. The molecule has 0 aliphatic heterocycles. The number of carboxylic acids is 1. The first kappa shape index (κ1) is 17.3.